The number of hydrogen-bond acceptors (Lipinski definition) is 6. The molecule has 3 aromatic rings. The molecule has 0 bridgehead atoms. The highest BCUT2D eigenvalue weighted by molar-refractivity contribution is 5.77. The molecule has 2 aromatic heterocycles. The first-order valence-electron chi connectivity index (χ1n) is 8.39. The van der Waals surface area contributed by atoms with E-state index in [1.54, 1.807) is 31.2 Å². The fourth-order valence-corrected chi connectivity index (χ4v) is 3.42. The van der Waals surface area contributed by atoms with Crippen LogP contribution in [0.3, 0.4) is 0 Å². The van der Waals surface area contributed by atoms with Crippen LogP contribution in [0.15, 0.2) is 33.6 Å². The second-order valence-corrected chi connectivity index (χ2v) is 6.27. The number of aryl methyl sites for hydroxylation is 1. The Morgan fingerprint density at radius 1 is 1.31 bits per heavy atom. The molecule has 9 heteroatoms. The van der Waals surface area contributed by atoms with Gasteiger partial charge in [0.05, 0.1) is 23.5 Å². The number of fused-ring (bicyclic) bond motifs is 1. The Bertz CT molecular complexity index is 1000. The van der Waals surface area contributed by atoms with E-state index in [0.29, 0.717) is 41.5 Å². The minimum absolute atomic E-state index is 0.308. The molecule has 1 unspecified atom stereocenters. The van der Waals surface area contributed by atoms with Gasteiger partial charge in [0.25, 0.3) is 12.0 Å². The highest BCUT2D eigenvalue weighted by Crippen LogP contribution is 2.34. The summed E-state index contributed by atoms with van der Waals surface area (Å²) in [5.41, 5.74) is 0.0334. The van der Waals surface area contributed by atoms with E-state index < -0.39 is 18.5 Å². The maximum Gasteiger partial charge on any atom is 0.324 e. The highest BCUT2D eigenvalue weighted by atomic mass is 19.3. The van der Waals surface area contributed by atoms with Crippen molar-refractivity contribution in [3.05, 3.63) is 46.3 Å². The van der Waals surface area contributed by atoms with E-state index in [1.807, 2.05) is 4.90 Å². The SMILES string of the molecule is Cc1noc(N2CCCC2c2nc3ccccc3c(=O)n2CC(F)F)n1. The lowest BCUT2D eigenvalue weighted by atomic mass is 10.1. The molecule has 1 saturated heterocycles. The third kappa shape index (κ3) is 2.83. The van der Waals surface area contributed by atoms with Gasteiger partial charge in [-0.2, -0.15) is 4.98 Å². The maximum absolute atomic E-state index is 13.1. The zero-order chi connectivity index (χ0) is 18.3. The molecule has 3 heterocycles. The van der Waals surface area contributed by atoms with Gasteiger partial charge in [-0.3, -0.25) is 9.36 Å². The number of benzene rings is 1. The number of hydrogen-bond donors (Lipinski definition) is 0. The highest BCUT2D eigenvalue weighted by Gasteiger charge is 2.34. The van der Waals surface area contributed by atoms with Crippen molar-refractivity contribution >= 4 is 16.9 Å². The fraction of sp³-hybridized carbons (Fsp3) is 0.412. The van der Waals surface area contributed by atoms with Crippen molar-refractivity contribution in [1.82, 2.24) is 19.7 Å². The summed E-state index contributed by atoms with van der Waals surface area (Å²) in [6, 6.07) is 6.72. The predicted octanol–water partition coefficient (Wildman–Crippen LogP) is 2.69. The van der Waals surface area contributed by atoms with E-state index in [9.17, 15) is 13.6 Å². The Balaban J connectivity index is 1.87. The van der Waals surface area contributed by atoms with Crippen LogP contribution in [-0.2, 0) is 6.54 Å². The summed E-state index contributed by atoms with van der Waals surface area (Å²) in [7, 11) is 0. The first-order chi connectivity index (χ1) is 12.5. The molecule has 0 N–H and O–H groups in total. The lowest BCUT2D eigenvalue weighted by Gasteiger charge is -2.24. The molecular formula is C17H17F2N5O2. The Kier molecular flexibility index (Phi) is 4.14. The Morgan fingerprint density at radius 2 is 2.12 bits per heavy atom. The summed E-state index contributed by atoms with van der Waals surface area (Å²) in [5, 5.41) is 4.12. The van der Waals surface area contributed by atoms with Gasteiger partial charge in [-0.25, -0.2) is 13.8 Å². The number of anilines is 1. The normalized spacial score (nSPS) is 17.5. The lowest BCUT2D eigenvalue weighted by Crippen LogP contribution is -2.33. The number of nitrogens with zero attached hydrogens (tertiary/aromatic N) is 5. The van der Waals surface area contributed by atoms with Crippen molar-refractivity contribution in [2.45, 2.75) is 38.8 Å². The van der Waals surface area contributed by atoms with Crippen LogP contribution < -0.4 is 10.5 Å². The van der Waals surface area contributed by atoms with Gasteiger partial charge in [0.15, 0.2) is 5.82 Å². The monoisotopic (exact) mass is 361 g/mol. The molecule has 1 fully saturated rings. The molecule has 1 aliphatic heterocycles. The Morgan fingerprint density at radius 3 is 2.85 bits per heavy atom. The van der Waals surface area contributed by atoms with Gasteiger partial charge in [-0.05, 0) is 31.9 Å². The third-order valence-electron chi connectivity index (χ3n) is 4.53. The molecule has 136 valence electrons. The molecule has 0 saturated carbocycles. The number of halogens is 2. The topological polar surface area (TPSA) is 77.0 Å². The van der Waals surface area contributed by atoms with Crippen molar-refractivity contribution in [1.29, 1.82) is 0 Å². The molecule has 4 rings (SSSR count). The van der Waals surface area contributed by atoms with E-state index in [4.69, 9.17) is 4.52 Å². The van der Waals surface area contributed by atoms with E-state index in [1.165, 1.54) is 0 Å². The molecular weight excluding hydrogens is 344 g/mol. The van der Waals surface area contributed by atoms with Crippen LogP contribution in [0.25, 0.3) is 10.9 Å². The summed E-state index contributed by atoms with van der Waals surface area (Å²) in [6.45, 7) is 1.64. The predicted molar refractivity (Wildman–Crippen MR) is 90.4 cm³/mol. The van der Waals surface area contributed by atoms with Crippen molar-refractivity contribution in [2.24, 2.45) is 0 Å². The second kappa shape index (κ2) is 6.47. The van der Waals surface area contributed by atoms with Crippen LogP contribution in [0.2, 0.25) is 0 Å². The van der Waals surface area contributed by atoms with Crippen molar-refractivity contribution in [3.8, 4) is 0 Å². The molecule has 0 aliphatic carbocycles. The van der Waals surface area contributed by atoms with E-state index in [0.717, 1.165) is 11.0 Å². The first-order valence-corrected chi connectivity index (χ1v) is 8.39. The van der Waals surface area contributed by atoms with E-state index in [-0.39, 0.29) is 6.04 Å². The number of aromatic nitrogens is 4. The van der Waals surface area contributed by atoms with Crippen molar-refractivity contribution < 1.29 is 13.3 Å². The van der Waals surface area contributed by atoms with E-state index in [2.05, 4.69) is 15.1 Å². The third-order valence-corrected chi connectivity index (χ3v) is 4.53. The summed E-state index contributed by atoms with van der Waals surface area (Å²) >= 11 is 0. The second-order valence-electron chi connectivity index (χ2n) is 6.27. The molecule has 1 aromatic carbocycles. The molecule has 1 atom stereocenters. The summed E-state index contributed by atoms with van der Waals surface area (Å²) in [4.78, 5) is 23.4. The summed E-state index contributed by atoms with van der Waals surface area (Å²) in [6.07, 6.45) is -1.19. The van der Waals surface area contributed by atoms with Gasteiger partial charge in [0.2, 0.25) is 0 Å². The average Bonchev–Trinajstić information content (AvgIpc) is 3.25. The van der Waals surface area contributed by atoms with Gasteiger partial charge < -0.3 is 9.42 Å². The zero-order valence-corrected chi connectivity index (χ0v) is 14.1. The fourth-order valence-electron chi connectivity index (χ4n) is 3.42. The zero-order valence-electron chi connectivity index (χ0n) is 14.1. The number of alkyl halides is 2. The molecule has 26 heavy (non-hydrogen) atoms. The maximum atomic E-state index is 13.1. The largest absolute Gasteiger partial charge is 0.324 e. The van der Waals surface area contributed by atoms with Crippen LogP contribution in [0.1, 0.15) is 30.5 Å². The quantitative estimate of drug-likeness (QED) is 0.711. The van der Waals surface area contributed by atoms with Gasteiger partial charge in [-0.15, -0.1) is 0 Å². The molecule has 7 nitrogen and oxygen atoms in total. The minimum Gasteiger partial charge on any atom is -0.315 e. The van der Waals surface area contributed by atoms with Crippen molar-refractivity contribution in [2.75, 3.05) is 11.4 Å². The average molecular weight is 361 g/mol. The van der Waals surface area contributed by atoms with Gasteiger partial charge in [0, 0.05) is 6.54 Å². The Labute approximate surface area is 147 Å². The standard InChI is InChI=1S/C17H17F2N5O2/c1-10-20-17(26-22-10)23-8-4-7-13(23)15-21-12-6-3-2-5-11(12)16(25)24(15)9-14(18)19/h2-3,5-6,13-14H,4,7-9H2,1H3. The van der Waals surface area contributed by atoms with Crippen LogP contribution in [0.5, 0.6) is 0 Å². The molecule has 1 aliphatic rings. The van der Waals surface area contributed by atoms with E-state index >= 15 is 0 Å². The molecule has 0 radical (unpaired) electrons. The minimum atomic E-state index is -2.66. The van der Waals surface area contributed by atoms with Crippen molar-refractivity contribution in [3.63, 3.8) is 0 Å². The molecule has 0 amide bonds. The van der Waals surface area contributed by atoms with Crippen LogP contribution >= 0.6 is 0 Å². The summed E-state index contributed by atoms with van der Waals surface area (Å²) < 4.78 is 32.6. The first kappa shape index (κ1) is 16.6. The van der Waals surface area contributed by atoms with Gasteiger partial charge >= 0.3 is 6.01 Å². The number of rotatable bonds is 4. The summed E-state index contributed by atoms with van der Waals surface area (Å²) in [5.74, 6) is 0.796. The van der Waals surface area contributed by atoms with Crippen LogP contribution in [-0.4, -0.2) is 32.7 Å². The Hall–Kier alpha value is -2.84. The number of para-hydroxylation sites is 1. The van der Waals surface area contributed by atoms with Gasteiger partial charge in [0.1, 0.15) is 5.82 Å². The lowest BCUT2D eigenvalue weighted by molar-refractivity contribution is 0.123. The van der Waals surface area contributed by atoms with Gasteiger partial charge in [-0.1, -0.05) is 17.3 Å². The van der Waals surface area contributed by atoms with Crippen LogP contribution in [0, 0.1) is 6.92 Å². The molecule has 0 spiro atoms. The van der Waals surface area contributed by atoms with Crippen LogP contribution in [0.4, 0.5) is 14.8 Å². The smallest absolute Gasteiger partial charge is 0.315 e.